The average molecular weight is 342 g/mol. The highest BCUT2D eigenvalue weighted by Gasteiger charge is 2.25. The number of aromatic amines is 2. The third kappa shape index (κ3) is 3.33. The van der Waals surface area contributed by atoms with Crippen LogP contribution in [0.5, 0.6) is 0 Å². The van der Waals surface area contributed by atoms with Crippen LogP contribution in [-0.4, -0.2) is 45.9 Å². The van der Waals surface area contributed by atoms with Crippen LogP contribution in [0.25, 0.3) is 11.0 Å². The lowest BCUT2D eigenvalue weighted by molar-refractivity contribution is -0.116. The maximum atomic E-state index is 11.7. The summed E-state index contributed by atoms with van der Waals surface area (Å²) in [5, 5.41) is 2.87. The van der Waals surface area contributed by atoms with E-state index in [0.717, 1.165) is 19.4 Å². The number of primary amides is 1. The van der Waals surface area contributed by atoms with Crippen LogP contribution in [0, 0.1) is 11.8 Å². The van der Waals surface area contributed by atoms with E-state index < -0.39 is 11.6 Å². The number of carbonyl (C=O) groups excluding carboxylic acids is 2. The van der Waals surface area contributed by atoms with Gasteiger partial charge in [0.05, 0.1) is 11.1 Å². The first-order valence-electron chi connectivity index (χ1n) is 7.88. The van der Waals surface area contributed by atoms with Gasteiger partial charge in [-0.05, 0) is 25.7 Å². The monoisotopic (exact) mass is 342 g/mol. The molecule has 0 bridgehead atoms. The van der Waals surface area contributed by atoms with Crippen molar-refractivity contribution in [2.24, 2.45) is 5.73 Å². The molecule has 130 valence electrons. The van der Waals surface area contributed by atoms with Crippen LogP contribution in [0.1, 0.15) is 30.1 Å². The predicted molar refractivity (Wildman–Crippen MR) is 92.1 cm³/mol. The van der Waals surface area contributed by atoms with Crippen molar-refractivity contribution >= 4 is 28.7 Å². The number of carbonyl (C=O) groups is 2. The van der Waals surface area contributed by atoms with Gasteiger partial charge in [0.25, 0.3) is 11.8 Å². The number of imidazole rings is 1. The molecule has 2 amide bonds. The Balaban J connectivity index is 1.92. The minimum absolute atomic E-state index is 0.0690. The predicted octanol–water partition coefficient (Wildman–Crippen LogP) is -0.542. The number of H-pyrrole nitrogens is 2. The first kappa shape index (κ1) is 16.6. The summed E-state index contributed by atoms with van der Waals surface area (Å²) in [7, 11) is 0. The molecule has 0 aromatic carbocycles. The number of rotatable bonds is 3. The molecular weight excluding hydrogens is 324 g/mol. The molecule has 3 rings (SSSR count). The van der Waals surface area contributed by atoms with Gasteiger partial charge in [0, 0.05) is 25.3 Å². The Kier molecular flexibility index (Phi) is 4.43. The molecule has 25 heavy (non-hydrogen) atoms. The van der Waals surface area contributed by atoms with E-state index in [1.54, 1.807) is 6.92 Å². The lowest BCUT2D eigenvalue weighted by Crippen LogP contribution is -2.47. The number of amides is 2. The molecule has 9 heteroatoms. The molecule has 2 aromatic rings. The number of anilines is 1. The Bertz CT molecular complexity index is 948. The molecule has 2 aromatic heterocycles. The fourth-order valence-corrected chi connectivity index (χ4v) is 3.06. The van der Waals surface area contributed by atoms with Gasteiger partial charge in [-0.3, -0.25) is 9.59 Å². The lowest BCUT2D eigenvalue weighted by Gasteiger charge is -2.33. The summed E-state index contributed by atoms with van der Waals surface area (Å²) in [5.74, 6) is 4.59. The van der Waals surface area contributed by atoms with Gasteiger partial charge in [0.15, 0.2) is 5.82 Å². The first-order valence-corrected chi connectivity index (χ1v) is 7.88. The Labute approximate surface area is 143 Å². The van der Waals surface area contributed by atoms with E-state index in [-0.39, 0.29) is 17.5 Å². The smallest absolute Gasteiger partial charge is 0.323 e. The van der Waals surface area contributed by atoms with Gasteiger partial charge in [-0.15, -0.1) is 0 Å². The van der Waals surface area contributed by atoms with Gasteiger partial charge in [-0.25, -0.2) is 9.78 Å². The van der Waals surface area contributed by atoms with Crippen molar-refractivity contribution < 1.29 is 9.59 Å². The Morgan fingerprint density at radius 3 is 2.88 bits per heavy atom. The molecule has 1 fully saturated rings. The second-order valence-corrected chi connectivity index (χ2v) is 5.82. The van der Waals surface area contributed by atoms with E-state index in [2.05, 4.69) is 32.1 Å². The summed E-state index contributed by atoms with van der Waals surface area (Å²) in [6, 6.07) is -0.0690. The number of nitrogens with zero attached hydrogens (tertiary/aromatic N) is 2. The van der Waals surface area contributed by atoms with Crippen LogP contribution in [0.3, 0.4) is 0 Å². The maximum absolute atomic E-state index is 11.7. The molecule has 1 aliphatic heterocycles. The van der Waals surface area contributed by atoms with Crippen molar-refractivity contribution in [2.75, 3.05) is 18.0 Å². The van der Waals surface area contributed by atoms with Crippen LogP contribution in [0.2, 0.25) is 0 Å². The second kappa shape index (κ2) is 6.68. The second-order valence-electron chi connectivity index (χ2n) is 5.82. The van der Waals surface area contributed by atoms with Crippen LogP contribution in [-0.2, 0) is 4.79 Å². The van der Waals surface area contributed by atoms with Crippen LogP contribution < -0.4 is 21.6 Å². The quantitative estimate of drug-likeness (QED) is 0.555. The molecular formula is C16H18N6O3. The van der Waals surface area contributed by atoms with E-state index >= 15 is 0 Å². The summed E-state index contributed by atoms with van der Waals surface area (Å²) in [4.78, 5) is 46.4. The third-order valence-corrected chi connectivity index (χ3v) is 4.10. The van der Waals surface area contributed by atoms with Crippen molar-refractivity contribution in [3.63, 3.8) is 0 Å². The van der Waals surface area contributed by atoms with E-state index in [9.17, 15) is 14.4 Å². The number of fused-ring (bicyclic) bond motifs is 1. The number of aromatic nitrogens is 3. The zero-order valence-corrected chi connectivity index (χ0v) is 13.7. The van der Waals surface area contributed by atoms with Gasteiger partial charge >= 0.3 is 5.69 Å². The number of piperidine rings is 1. The van der Waals surface area contributed by atoms with E-state index in [4.69, 9.17) is 5.73 Å². The fourth-order valence-electron chi connectivity index (χ4n) is 3.06. The largest absolute Gasteiger partial charge is 0.365 e. The zero-order valence-electron chi connectivity index (χ0n) is 13.7. The SMILES string of the molecule is CC#CC(=O)N[C@@H]1CCCN(c2ncc(C(N)=O)c3[nH]c(=O)[nH]c23)C1. The van der Waals surface area contributed by atoms with Crippen LogP contribution >= 0.6 is 0 Å². The Morgan fingerprint density at radius 1 is 1.40 bits per heavy atom. The molecule has 5 N–H and O–H groups in total. The van der Waals surface area contributed by atoms with Gasteiger partial charge in [-0.2, -0.15) is 0 Å². The number of hydrogen-bond acceptors (Lipinski definition) is 5. The summed E-state index contributed by atoms with van der Waals surface area (Å²) in [6.45, 7) is 2.86. The third-order valence-electron chi connectivity index (χ3n) is 4.10. The Hall–Kier alpha value is -3.28. The molecule has 1 atom stereocenters. The lowest BCUT2D eigenvalue weighted by atomic mass is 10.1. The van der Waals surface area contributed by atoms with E-state index in [1.807, 2.05) is 4.90 Å². The van der Waals surface area contributed by atoms with Crippen LogP contribution in [0.15, 0.2) is 11.0 Å². The molecule has 0 radical (unpaired) electrons. The minimum atomic E-state index is -0.666. The van der Waals surface area contributed by atoms with Crippen molar-refractivity contribution in [1.29, 1.82) is 0 Å². The summed E-state index contributed by atoms with van der Waals surface area (Å²) < 4.78 is 0. The zero-order chi connectivity index (χ0) is 18.0. The number of nitrogens with two attached hydrogens (primary N) is 1. The highest BCUT2D eigenvalue weighted by atomic mass is 16.2. The topological polar surface area (TPSA) is 137 Å². The van der Waals surface area contributed by atoms with Gasteiger partial charge < -0.3 is 25.9 Å². The molecule has 3 heterocycles. The molecule has 0 aliphatic carbocycles. The van der Waals surface area contributed by atoms with Crippen LogP contribution in [0.4, 0.5) is 5.82 Å². The maximum Gasteiger partial charge on any atom is 0.323 e. The number of hydrogen-bond donors (Lipinski definition) is 4. The number of pyridine rings is 1. The number of nitrogens with one attached hydrogen (secondary N) is 3. The first-order chi connectivity index (χ1) is 12.0. The molecule has 0 spiro atoms. The summed E-state index contributed by atoms with van der Waals surface area (Å²) in [5.41, 5.74) is 5.82. The molecule has 1 aliphatic rings. The Morgan fingerprint density at radius 2 is 2.16 bits per heavy atom. The van der Waals surface area contributed by atoms with E-state index in [1.165, 1.54) is 6.20 Å². The van der Waals surface area contributed by atoms with Gasteiger partial charge in [0.1, 0.15) is 5.52 Å². The van der Waals surface area contributed by atoms with Gasteiger partial charge in [0.2, 0.25) is 0 Å². The van der Waals surface area contributed by atoms with Crippen molar-refractivity contribution in [3.05, 3.63) is 22.2 Å². The molecule has 9 nitrogen and oxygen atoms in total. The normalized spacial score (nSPS) is 17.0. The summed E-state index contributed by atoms with van der Waals surface area (Å²) in [6.07, 6.45) is 3.04. The molecule has 1 saturated heterocycles. The fraction of sp³-hybridized carbons (Fsp3) is 0.375. The average Bonchev–Trinajstić information content (AvgIpc) is 2.95. The van der Waals surface area contributed by atoms with Crippen molar-refractivity contribution in [3.8, 4) is 11.8 Å². The molecule has 0 unspecified atom stereocenters. The van der Waals surface area contributed by atoms with Gasteiger partial charge in [-0.1, -0.05) is 5.92 Å². The van der Waals surface area contributed by atoms with Crippen molar-refractivity contribution in [2.45, 2.75) is 25.8 Å². The van der Waals surface area contributed by atoms with Crippen molar-refractivity contribution in [1.82, 2.24) is 20.3 Å². The highest BCUT2D eigenvalue weighted by molar-refractivity contribution is 6.06. The van der Waals surface area contributed by atoms with E-state index in [0.29, 0.717) is 23.4 Å². The minimum Gasteiger partial charge on any atom is -0.365 e. The standard InChI is InChI=1S/C16H18N6O3/c1-2-4-11(23)19-9-5-3-6-22(8-9)15-13-12(20-16(25)21-13)10(7-18-15)14(17)24/h7,9H,3,5-6,8H2,1H3,(H2,17,24)(H,19,23)(H2,20,21,25)/t9-/m1/s1. The summed E-state index contributed by atoms with van der Waals surface area (Å²) >= 11 is 0. The molecule has 0 saturated carbocycles. The highest BCUT2D eigenvalue weighted by Crippen LogP contribution is 2.25.